The van der Waals surface area contributed by atoms with Crippen LogP contribution >= 0.6 is 0 Å². The molecule has 27 heavy (non-hydrogen) atoms. The van der Waals surface area contributed by atoms with Gasteiger partial charge in [0, 0.05) is 18.3 Å². The average molecular weight is 377 g/mol. The van der Waals surface area contributed by atoms with Crippen LogP contribution < -0.4 is 0 Å². The van der Waals surface area contributed by atoms with Crippen molar-refractivity contribution in [3.8, 4) is 0 Å². The minimum Gasteiger partial charge on any atom is -0.328 e. The molecule has 2 unspecified atom stereocenters. The van der Waals surface area contributed by atoms with Crippen LogP contribution in [0.4, 0.5) is 0 Å². The van der Waals surface area contributed by atoms with Gasteiger partial charge in [-0.25, -0.2) is 0 Å². The van der Waals surface area contributed by atoms with Crippen molar-refractivity contribution in [1.29, 1.82) is 0 Å². The lowest BCUT2D eigenvalue weighted by molar-refractivity contribution is -0.903. The quantitative estimate of drug-likeness (QED) is 0.583. The van der Waals surface area contributed by atoms with Crippen LogP contribution in [0.2, 0.25) is 0 Å². The Morgan fingerprint density at radius 3 is 1.89 bits per heavy atom. The van der Waals surface area contributed by atoms with Crippen LogP contribution in [0, 0.1) is 34.5 Å². The van der Waals surface area contributed by atoms with Gasteiger partial charge in [0.2, 0.25) is 0 Å². The Bertz CT molecular complexity index is 570. The molecule has 8 atom stereocenters. The van der Waals surface area contributed by atoms with Gasteiger partial charge in [-0.05, 0) is 74.0 Å². The first-order chi connectivity index (χ1) is 12.4. The largest absolute Gasteiger partial charge is 0.328 e. The first kappa shape index (κ1) is 20.2. The minimum absolute atomic E-state index is 0.599. The molecular weight excluding hydrogens is 328 g/mol. The molecule has 0 N–H and O–H groups in total. The van der Waals surface area contributed by atoms with Gasteiger partial charge in [-0.1, -0.05) is 13.8 Å². The van der Waals surface area contributed by atoms with Gasteiger partial charge in [-0.2, -0.15) is 0 Å². The summed E-state index contributed by atoms with van der Waals surface area (Å²) in [6, 6.07) is 1.77. The summed E-state index contributed by atoms with van der Waals surface area (Å²) in [5.41, 5.74) is 1.24. The van der Waals surface area contributed by atoms with Gasteiger partial charge in [0.1, 0.15) is 0 Å². The van der Waals surface area contributed by atoms with Crippen LogP contribution in [0.5, 0.6) is 0 Å². The third kappa shape index (κ3) is 3.03. The molecule has 4 aliphatic carbocycles. The summed E-state index contributed by atoms with van der Waals surface area (Å²) in [5, 5.41) is 0. The molecule has 0 aromatic heterocycles. The number of nitrogens with zero attached hydrogens (tertiary/aromatic N) is 2. The Balaban J connectivity index is 1.56. The van der Waals surface area contributed by atoms with E-state index in [-0.39, 0.29) is 0 Å². The Kier molecular flexibility index (Phi) is 4.65. The molecule has 0 spiro atoms. The summed E-state index contributed by atoms with van der Waals surface area (Å²) in [6.45, 7) is 5.42. The molecule has 2 nitrogen and oxygen atoms in total. The van der Waals surface area contributed by atoms with Crippen molar-refractivity contribution in [2.75, 3.05) is 42.3 Å². The summed E-state index contributed by atoms with van der Waals surface area (Å²) in [6.07, 6.45) is 13.5. The molecule has 0 amide bonds. The van der Waals surface area contributed by atoms with Crippen LogP contribution in [0.25, 0.3) is 0 Å². The fourth-order valence-electron chi connectivity index (χ4n) is 9.18. The lowest BCUT2D eigenvalue weighted by atomic mass is 9.44. The molecule has 156 valence electrons. The van der Waals surface area contributed by atoms with Crippen LogP contribution in [0.15, 0.2) is 0 Å². The maximum absolute atomic E-state index is 2.73. The highest BCUT2D eigenvalue weighted by molar-refractivity contribution is 5.09. The van der Waals surface area contributed by atoms with Gasteiger partial charge in [-0.15, -0.1) is 0 Å². The number of hydrogen-bond donors (Lipinski definition) is 0. The highest BCUT2D eigenvalue weighted by Gasteiger charge is 2.63. The van der Waals surface area contributed by atoms with Crippen molar-refractivity contribution in [1.82, 2.24) is 0 Å². The van der Waals surface area contributed by atoms with E-state index in [0.717, 1.165) is 35.8 Å². The SMILES string of the molecule is C[C@]12CCC3[C@@H](CC[C@H]4C[C@H]([N+](C)(C)C)CC[C@]34C)C1CC[C@H]2[N+](C)(C)C. The van der Waals surface area contributed by atoms with E-state index >= 15 is 0 Å². The van der Waals surface area contributed by atoms with Crippen molar-refractivity contribution >= 4 is 0 Å². The molecule has 0 saturated heterocycles. The van der Waals surface area contributed by atoms with E-state index in [2.05, 4.69) is 56.1 Å². The number of fused-ring (bicyclic) bond motifs is 5. The lowest BCUT2D eigenvalue weighted by Crippen LogP contribution is -2.59. The second-order valence-electron chi connectivity index (χ2n) is 13.5. The predicted octanol–water partition coefficient (Wildman–Crippen LogP) is 5.18. The van der Waals surface area contributed by atoms with Crippen molar-refractivity contribution in [2.45, 2.75) is 83.7 Å². The van der Waals surface area contributed by atoms with Crippen molar-refractivity contribution in [2.24, 2.45) is 34.5 Å². The smallest absolute Gasteiger partial charge is 0.0941 e. The molecule has 0 bridgehead atoms. The number of quaternary nitrogens is 2. The van der Waals surface area contributed by atoms with E-state index in [1.165, 1.54) is 60.3 Å². The standard InChI is InChI=1S/C25H48N2/c1-24-15-13-19(26(3,4)5)17-18(24)9-10-20-21-11-12-23(27(6,7)8)25(21,2)16-14-22(20)24/h18-23H,9-17H2,1-8H3/q+2/t18-,19+,20-,21?,22?,23+,24-,25-/m0/s1. The molecule has 2 heteroatoms. The second-order valence-corrected chi connectivity index (χ2v) is 13.5. The zero-order chi connectivity index (χ0) is 19.8. The Labute approximate surface area is 169 Å². The third-order valence-electron chi connectivity index (χ3n) is 10.6. The number of rotatable bonds is 2. The summed E-state index contributed by atoms with van der Waals surface area (Å²) in [5.74, 6) is 4.05. The maximum atomic E-state index is 2.73. The van der Waals surface area contributed by atoms with Gasteiger partial charge in [0.25, 0.3) is 0 Å². The van der Waals surface area contributed by atoms with Gasteiger partial charge in [-0.3, -0.25) is 0 Å². The van der Waals surface area contributed by atoms with Gasteiger partial charge in [0.05, 0.1) is 54.4 Å². The summed E-state index contributed by atoms with van der Waals surface area (Å²) in [4.78, 5) is 0. The second kappa shape index (κ2) is 6.21. The van der Waals surface area contributed by atoms with Gasteiger partial charge < -0.3 is 8.97 Å². The molecule has 4 fully saturated rings. The minimum atomic E-state index is 0.599. The first-order valence-electron chi connectivity index (χ1n) is 12.0. The van der Waals surface area contributed by atoms with Crippen LogP contribution in [-0.4, -0.2) is 63.3 Å². The molecule has 4 saturated carbocycles. The lowest BCUT2D eigenvalue weighted by Gasteiger charge is -2.61. The normalized spacial score (nSPS) is 50.7. The van der Waals surface area contributed by atoms with Gasteiger partial charge in [0.15, 0.2) is 0 Å². The first-order valence-corrected chi connectivity index (χ1v) is 12.0. The Hall–Kier alpha value is -0.0800. The summed E-state index contributed by atoms with van der Waals surface area (Å²) in [7, 11) is 14.6. The zero-order valence-corrected chi connectivity index (χ0v) is 19.7. The maximum Gasteiger partial charge on any atom is 0.0941 e. The van der Waals surface area contributed by atoms with Crippen molar-refractivity contribution in [3.63, 3.8) is 0 Å². The van der Waals surface area contributed by atoms with E-state index in [1.807, 2.05) is 0 Å². The van der Waals surface area contributed by atoms with E-state index in [0.29, 0.717) is 10.8 Å². The van der Waals surface area contributed by atoms with Gasteiger partial charge >= 0.3 is 0 Å². The Morgan fingerprint density at radius 1 is 0.630 bits per heavy atom. The topological polar surface area (TPSA) is 0 Å². The molecule has 4 aliphatic rings. The third-order valence-corrected chi connectivity index (χ3v) is 10.6. The fourth-order valence-corrected chi connectivity index (χ4v) is 9.18. The van der Waals surface area contributed by atoms with Crippen LogP contribution in [0.1, 0.15) is 71.6 Å². The highest BCUT2D eigenvalue weighted by atomic mass is 15.3. The molecule has 0 aromatic rings. The Morgan fingerprint density at radius 2 is 1.26 bits per heavy atom. The monoisotopic (exact) mass is 376 g/mol. The summed E-state index contributed by atoms with van der Waals surface area (Å²) >= 11 is 0. The average Bonchev–Trinajstić information content (AvgIpc) is 2.90. The molecule has 0 radical (unpaired) electrons. The molecule has 4 rings (SSSR count). The molecule has 0 heterocycles. The molecular formula is C25H48N2+2. The highest BCUT2D eigenvalue weighted by Crippen LogP contribution is 2.67. The fraction of sp³-hybridized carbons (Fsp3) is 1.00. The van der Waals surface area contributed by atoms with E-state index in [9.17, 15) is 0 Å². The van der Waals surface area contributed by atoms with Crippen LogP contribution in [0.3, 0.4) is 0 Å². The zero-order valence-electron chi connectivity index (χ0n) is 19.7. The number of hydrogen-bond acceptors (Lipinski definition) is 0. The van der Waals surface area contributed by atoms with Crippen molar-refractivity contribution in [3.05, 3.63) is 0 Å². The van der Waals surface area contributed by atoms with Crippen molar-refractivity contribution < 1.29 is 8.97 Å². The van der Waals surface area contributed by atoms with Crippen LogP contribution in [-0.2, 0) is 0 Å². The van der Waals surface area contributed by atoms with E-state index in [1.54, 1.807) is 6.42 Å². The molecule has 0 aromatic carbocycles. The van der Waals surface area contributed by atoms with E-state index in [4.69, 9.17) is 0 Å². The molecule has 0 aliphatic heterocycles. The van der Waals surface area contributed by atoms with E-state index < -0.39 is 0 Å². The summed E-state index contributed by atoms with van der Waals surface area (Å²) < 4.78 is 2.35. The predicted molar refractivity (Wildman–Crippen MR) is 115 cm³/mol.